The summed E-state index contributed by atoms with van der Waals surface area (Å²) in [6, 6.07) is 19.5. The van der Waals surface area contributed by atoms with Crippen LogP contribution in [0.1, 0.15) is 12.0 Å². The van der Waals surface area contributed by atoms with Gasteiger partial charge in [0, 0.05) is 13.1 Å². The average molecular weight is 279 g/mol. The van der Waals surface area contributed by atoms with E-state index in [0.717, 1.165) is 6.42 Å². The zero-order chi connectivity index (χ0) is 14.5. The highest BCUT2D eigenvalue weighted by molar-refractivity contribution is 5.74. The lowest BCUT2D eigenvalue weighted by Gasteiger charge is -2.25. The Morgan fingerprint density at radius 3 is 2.24 bits per heavy atom. The molecule has 0 saturated heterocycles. The fourth-order valence-corrected chi connectivity index (χ4v) is 2.40. The van der Waals surface area contributed by atoms with Crippen LogP contribution in [0, 0.1) is 0 Å². The van der Waals surface area contributed by atoms with E-state index in [1.807, 2.05) is 36.4 Å². The summed E-state index contributed by atoms with van der Waals surface area (Å²) in [4.78, 5) is 13.8. The molecular formula is C18H17NO2. The normalized spacial score (nSPS) is 14.5. The second kappa shape index (κ2) is 6.27. The third-order valence-corrected chi connectivity index (χ3v) is 3.56. The van der Waals surface area contributed by atoms with Crippen molar-refractivity contribution < 1.29 is 9.53 Å². The van der Waals surface area contributed by atoms with Gasteiger partial charge in [-0.3, -0.25) is 0 Å². The first-order valence-electron chi connectivity index (χ1n) is 7.09. The molecule has 0 N–H and O–H groups in total. The maximum absolute atomic E-state index is 12.1. The van der Waals surface area contributed by atoms with Crippen molar-refractivity contribution in [1.82, 2.24) is 4.90 Å². The molecule has 21 heavy (non-hydrogen) atoms. The molecule has 0 atom stereocenters. The second-order valence-electron chi connectivity index (χ2n) is 4.97. The molecule has 0 saturated carbocycles. The van der Waals surface area contributed by atoms with Crippen LogP contribution < -0.4 is 4.74 Å². The monoisotopic (exact) mass is 279 g/mol. The van der Waals surface area contributed by atoms with Crippen LogP contribution in [-0.4, -0.2) is 24.1 Å². The minimum Gasteiger partial charge on any atom is -0.410 e. The molecule has 0 aliphatic carbocycles. The van der Waals surface area contributed by atoms with Crippen LogP contribution in [0.15, 0.2) is 66.7 Å². The summed E-state index contributed by atoms with van der Waals surface area (Å²) in [5.74, 6) is 0.584. The standard InChI is InChI=1S/C18H17NO2/c20-18(21-17-9-5-2-6-10-17)19-13-11-16(12-14-19)15-7-3-1-4-8-15/h1-11H,12-14H2. The summed E-state index contributed by atoms with van der Waals surface area (Å²) in [5.41, 5.74) is 2.52. The Bertz CT molecular complexity index is 635. The summed E-state index contributed by atoms with van der Waals surface area (Å²) in [5, 5.41) is 0. The summed E-state index contributed by atoms with van der Waals surface area (Å²) < 4.78 is 5.35. The number of benzene rings is 2. The van der Waals surface area contributed by atoms with Crippen LogP contribution >= 0.6 is 0 Å². The maximum atomic E-state index is 12.1. The van der Waals surface area contributed by atoms with Gasteiger partial charge in [-0.15, -0.1) is 0 Å². The first-order chi connectivity index (χ1) is 10.3. The van der Waals surface area contributed by atoms with Crippen molar-refractivity contribution >= 4 is 11.7 Å². The molecule has 2 aromatic carbocycles. The van der Waals surface area contributed by atoms with Crippen molar-refractivity contribution in [3.8, 4) is 5.75 Å². The Balaban J connectivity index is 1.63. The number of rotatable bonds is 2. The summed E-state index contributed by atoms with van der Waals surface area (Å²) in [6.07, 6.45) is 2.67. The summed E-state index contributed by atoms with van der Waals surface area (Å²) >= 11 is 0. The molecule has 0 spiro atoms. The number of carbonyl (C=O) groups is 1. The van der Waals surface area contributed by atoms with Gasteiger partial charge >= 0.3 is 6.09 Å². The molecule has 0 radical (unpaired) electrons. The molecule has 0 unspecified atom stereocenters. The van der Waals surface area contributed by atoms with E-state index in [2.05, 4.69) is 18.2 Å². The molecule has 1 amide bonds. The second-order valence-corrected chi connectivity index (χ2v) is 4.97. The number of carbonyl (C=O) groups excluding carboxylic acids is 1. The zero-order valence-electron chi connectivity index (χ0n) is 11.7. The fraction of sp³-hybridized carbons (Fsp3) is 0.167. The molecular weight excluding hydrogens is 262 g/mol. The van der Waals surface area contributed by atoms with Crippen molar-refractivity contribution in [3.05, 3.63) is 72.3 Å². The lowest BCUT2D eigenvalue weighted by Crippen LogP contribution is -2.36. The fourth-order valence-electron chi connectivity index (χ4n) is 2.40. The number of ether oxygens (including phenoxy) is 1. The van der Waals surface area contributed by atoms with E-state index in [0.29, 0.717) is 18.8 Å². The highest BCUT2D eigenvalue weighted by atomic mass is 16.6. The van der Waals surface area contributed by atoms with Gasteiger partial charge in [0.15, 0.2) is 0 Å². The van der Waals surface area contributed by atoms with Crippen molar-refractivity contribution in [1.29, 1.82) is 0 Å². The minimum absolute atomic E-state index is 0.287. The maximum Gasteiger partial charge on any atom is 0.415 e. The SMILES string of the molecule is O=C(Oc1ccccc1)N1CC=C(c2ccccc2)CC1. The van der Waals surface area contributed by atoms with Crippen LogP contribution in [0.3, 0.4) is 0 Å². The van der Waals surface area contributed by atoms with Crippen LogP contribution in [-0.2, 0) is 0 Å². The Labute approximate surface area is 124 Å². The molecule has 3 rings (SSSR count). The molecule has 3 heteroatoms. The van der Waals surface area contributed by atoms with Crippen molar-refractivity contribution in [2.24, 2.45) is 0 Å². The molecule has 1 heterocycles. The highest BCUT2D eigenvalue weighted by Crippen LogP contribution is 2.22. The van der Waals surface area contributed by atoms with Crippen molar-refractivity contribution in [2.45, 2.75) is 6.42 Å². The molecule has 0 fully saturated rings. The van der Waals surface area contributed by atoms with Crippen LogP contribution in [0.4, 0.5) is 4.79 Å². The van der Waals surface area contributed by atoms with Gasteiger partial charge in [-0.05, 0) is 29.7 Å². The van der Waals surface area contributed by atoms with Gasteiger partial charge in [0.1, 0.15) is 5.75 Å². The van der Waals surface area contributed by atoms with Gasteiger partial charge in [-0.1, -0.05) is 54.6 Å². The van der Waals surface area contributed by atoms with E-state index in [9.17, 15) is 4.79 Å². The number of para-hydroxylation sites is 1. The molecule has 1 aliphatic heterocycles. The molecule has 3 nitrogen and oxygen atoms in total. The first-order valence-corrected chi connectivity index (χ1v) is 7.09. The smallest absolute Gasteiger partial charge is 0.410 e. The van der Waals surface area contributed by atoms with E-state index in [1.54, 1.807) is 17.0 Å². The lowest BCUT2D eigenvalue weighted by atomic mass is 10.00. The average Bonchev–Trinajstić information content (AvgIpc) is 2.57. The zero-order valence-corrected chi connectivity index (χ0v) is 11.7. The first kappa shape index (κ1) is 13.4. The Morgan fingerprint density at radius 1 is 0.952 bits per heavy atom. The molecule has 106 valence electrons. The summed E-state index contributed by atoms with van der Waals surface area (Å²) in [7, 11) is 0. The molecule has 0 aromatic heterocycles. The van der Waals surface area contributed by atoms with E-state index >= 15 is 0 Å². The number of amides is 1. The van der Waals surface area contributed by atoms with Gasteiger partial charge in [0.2, 0.25) is 0 Å². The summed E-state index contributed by atoms with van der Waals surface area (Å²) in [6.45, 7) is 1.28. The quantitative estimate of drug-likeness (QED) is 0.832. The number of hydrogen-bond donors (Lipinski definition) is 0. The number of hydrogen-bond acceptors (Lipinski definition) is 2. The Morgan fingerprint density at radius 2 is 1.62 bits per heavy atom. The van der Waals surface area contributed by atoms with Crippen molar-refractivity contribution in [2.75, 3.05) is 13.1 Å². The lowest BCUT2D eigenvalue weighted by molar-refractivity contribution is 0.157. The van der Waals surface area contributed by atoms with E-state index in [1.165, 1.54) is 11.1 Å². The van der Waals surface area contributed by atoms with E-state index in [-0.39, 0.29) is 6.09 Å². The third-order valence-electron chi connectivity index (χ3n) is 3.56. The van der Waals surface area contributed by atoms with Gasteiger partial charge < -0.3 is 9.64 Å². The highest BCUT2D eigenvalue weighted by Gasteiger charge is 2.19. The molecule has 2 aromatic rings. The molecule has 1 aliphatic rings. The topological polar surface area (TPSA) is 29.5 Å². The predicted molar refractivity (Wildman–Crippen MR) is 83.1 cm³/mol. The predicted octanol–water partition coefficient (Wildman–Crippen LogP) is 3.97. The van der Waals surface area contributed by atoms with Gasteiger partial charge in [-0.25, -0.2) is 4.79 Å². The third kappa shape index (κ3) is 3.31. The van der Waals surface area contributed by atoms with Crippen LogP contribution in [0.5, 0.6) is 5.75 Å². The molecule has 0 bridgehead atoms. The van der Waals surface area contributed by atoms with Gasteiger partial charge in [0.05, 0.1) is 0 Å². The Hall–Kier alpha value is -2.55. The largest absolute Gasteiger partial charge is 0.415 e. The minimum atomic E-state index is -0.287. The number of nitrogens with zero attached hydrogens (tertiary/aromatic N) is 1. The van der Waals surface area contributed by atoms with Gasteiger partial charge in [0.25, 0.3) is 0 Å². The van der Waals surface area contributed by atoms with Crippen molar-refractivity contribution in [3.63, 3.8) is 0 Å². The van der Waals surface area contributed by atoms with Crippen LogP contribution in [0.2, 0.25) is 0 Å². The van der Waals surface area contributed by atoms with Gasteiger partial charge in [-0.2, -0.15) is 0 Å². The van der Waals surface area contributed by atoms with E-state index < -0.39 is 0 Å². The van der Waals surface area contributed by atoms with E-state index in [4.69, 9.17) is 4.74 Å². The van der Waals surface area contributed by atoms with Crippen LogP contribution in [0.25, 0.3) is 5.57 Å². The Kier molecular flexibility index (Phi) is 4.01.